The van der Waals surface area contributed by atoms with Crippen molar-refractivity contribution in [3.05, 3.63) is 74.3 Å². The highest BCUT2D eigenvalue weighted by atomic mass is 32.1. The summed E-state index contributed by atoms with van der Waals surface area (Å²) in [6.45, 7) is 1.75. The van der Waals surface area contributed by atoms with Crippen LogP contribution >= 0.6 is 11.3 Å². The Hall–Kier alpha value is -3.99. The quantitative estimate of drug-likeness (QED) is 0.397. The van der Waals surface area contributed by atoms with Crippen LogP contribution in [0.25, 0.3) is 0 Å². The van der Waals surface area contributed by atoms with Crippen LogP contribution in [0.4, 0.5) is 16.5 Å². The summed E-state index contributed by atoms with van der Waals surface area (Å²) in [5, 5.41) is 22.2. The van der Waals surface area contributed by atoms with Gasteiger partial charge in [0.1, 0.15) is 5.01 Å². The zero-order valence-electron chi connectivity index (χ0n) is 14.8. The average molecular weight is 409 g/mol. The topological polar surface area (TPSA) is 135 Å². The van der Waals surface area contributed by atoms with Crippen LogP contribution in [0, 0.1) is 17.0 Å². The van der Waals surface area contributed by atoms with Crippen LogP contribution in [-0.4, -0.2) is 32.8 Å². The molecule has 3 amide bonds. The SMILES string of the molecule is Cc1nnc(NC(=O)c2ccc3c(c2)C(=O)N(c2cccc([N+](=O)[O-])c2)C3=O)s1. The Kier molecular flexibility index (Phi) is 4.35. The molecule has 0 fully saturated rings. The highest BCUT2D eigenvalue weighted by Gasteiger charge is 2.37. The molecule has 1 aliphatic heterocycles. The van der Waals surface area contributed by atoms with E-state index in [9.17, 15) is 24.5 Å². The number of carbonyl (C=O) groups is 3. The Morgan fingerprint density at radius 2 is 1.86 bits per heavy atom. The standard InChI is InChI=1S/C18H11N5O5S/c1-9-20-21-18(29-9)19-15(24)10-5-6-13-14(7-10)17(26)22(16(13)25)11-3-2-4-12(8-11)23(27)28/h2-8H,1H3,(H,19,21,24). The molecule has 10 nitrogen and oxygen atoms in total. The lowest BCUT2D eigenvalue weighted by atomic mass is 10.1. The number of amides is 3. The molecule has 0 unspecified atom stereocenters. The number of nitrogens with zero attached hydrogens (tertiary/aromatic N) is 4. The third-order valence-electron chi connectivity index (χ3n) is 4.19. The highest BCUT2D eigenvalue weighted by molar-refractivity contribution is 7.15. The van der Waals surface area contributed by atoms with Crippen molar-refractivity contribution in [1.82, 2.24) is 10.2 Å². The van der Waals surface area contributed by atoms with E-state index in [-0.39, 0.29) is 28.1 Å². The predicted octanol–water partition coefficient (Wildman–Crippen LogP) is 2.81. The Morgan fingerprint density at radius 1 is 1.10 bits per heavy atom. The molecule has 0 bridgehead atoms. The van der Waals surface area contributed by atoms with Crippen molar-refractivity contribution in [3.63, 3.8) is 0 Å². The molecule has 1 aliphatic rings. The van der Waals surface area contributed by atoms with Crippen molar-refractivity contribution in [2.75, 3.05) is 10.2 Å². The third kappa shape index (κ3) is 3.23. The number of imide groups is 1. The Balaban J connectivity index is 1.65. The van der Waals surface area contributed by atoms with Crippen LogP contribution in [0.15, 0.2) is 42.5 Å². The lowest BCUT2D eigenvalue weighted by molar-refractivity contribution is -0.384. The van der Waals surface area contributed by atoms with Crippen molar-refractivity contribution < 1.29 is 19.3 Å². The highest BCUT2D eigenvalue weighted by Crippen LogP contribution is 2.31. The third-order valence-corrected chi connectivity index (χ3v) is 4.95. The van der Waals surface area contributed by atoms with Crippen LogP contribution in [0.2, 0.25) is 0 Å². The number of hydrogen-bond donors (Lipinski definition) is 1. The fourth-order valence-corrected chi connectivity index (χ4v) is 3.47. The van der Waals surface area contributed by atoms with Gasteiger partial charge >= 0.3 is 0 Å². The summed E-state index contributed by atoms with van der Waals surface area (Å²) < 4.78 is 0. The zero-order valence-corrected chi connectivity index (χ0v) is 15.6. The lowest BCUT2D eigenvalue weighted by Gasteiger charge is -2.13. The number of aryl methyl sites for hydroxylation is 1. The second kappa shape index (κ2) is 6.87. The van der Waals surface area contributed by atoms with E-state index in [1.165, 1.54) is 47.7 Å². The van der Waals surface area contributed by atoms with Gasteiger partial charge in [0.05, 0.1) is 21.7 Å². The molecule has 29 heavy (non-hydrogen) atoms. The molecule has 0 aliphatic carbocycles. The van der Waals surface area contributed by atoms with Gasteiger partial charge in [-0.1, -0.05) is 17.4 Å². The maximum Gasteiger partial charge on any atom is 0.271 e. The Bertz CT molecular complexity index is 1200. The molecule has 1 aromatic heterocycles. The summed E-state index contributed by atoms with van der Waals surface area (Å²) in [5.41, 5.74) is 0.165. The molecule has 0 saturated carbocycles. The maximum atomic E-state index is 12.8. The second-order valence-corrected chi connectivity index (χ2v) is 7.25. The number of nitrogens with one attached hydrogen (secondary N) is 1. The average Bonchev–Trinajstić information content (AvgIpc) is 3.22. The first-order valence-corrected chi connectivity index (χ1v) is 9.05. The molecule has 2 heterocycles. The predicted molar refractivity (Wildman–Crippen MR) is 103 cm³/mol. The van der Waals surface area contributed by atoms with E-state index >= 15 is 0 Å². The molecule has 1 N–H and O–H groups in total. The molecule has 0 radical (unpaired) electrons. The molecule has 4 rings (SSSR count). The zero-order chi connectivity index (χ0) is 20.7. The summed E-state index contributed by atoms with van der Waals surface area (Å²) >= 11 is 1.20. The minimum absolute atomic E-state index is 0.0441. The second-order valence-electron chi connectivity index (χ2n) is 6.06. The number of carbonyl (C=O) groups excluding carboxylic acids is 3. The number of hydrogen-bond acceptors (Lipinski definition) is 8. The van der Waals surface area contributed by atoms with Gasteiger partial charge in [0, 0.05) is 17.7 Å². The maximum absolute atomic E-state index is 12.8. The molecular formula is C18H11N5O5S. The molecule has 3 aromatic rings. The molecule has 144 valence electrons. The first-order chi connectivity index (χ1) is 13.8. The summed E-state index contributed by atoms with van der Waals surface area (Å²) in [6, 6.07) is 9.35. The van der Waals surface area contributed by atoms with Gasteiger partial charge in [-0.25, -0.2) is 4.90 Å². The molecule has 0 saturated heterocycles. The van der Waals surface area contributed by atoms with Gasteiger partial charge in [0.15, 0.2) is 0 Å². The van der Waals surface area contributed by atoms with Gasteiger partial charge in [0.25, 0.3) is 23.4 Å². The van der Waals surface area contributed by atoms with Crippen molar-refractivity contribution in [2.45, 2.75) is 6.92 Å². The fourth-order valence-electron chi connectivity index (χ4n) is 2.88. The molecule has 11 heteroatoms. The fraction of sp³-hybridized carbons (Fsp3) is 0.0556. The van der Waals surface area contributed by atoms with E-state index in [0.29, 0.717) is 10.1 Å². The molecule has 0 atom stereocenters. The number of nitro groups is 1. The van der Waals surface area contributed by atoms with Crippen molar-refractivity contribution in [2.24, 2.45) is 0 Å². The summed E-state index contributed by atoms with van der Waals surface area (Å²) in [5.74, 6) is -1.78. The number of aromatic nitrogens is 2. The first kappa shape index (κ1) is 18.4. The molecule has 2 aromatic carbocycles. The Morgan fingerprint density at radius 3 is 2.55 bits per heavy atom. The number of nitro benzene ring substituents is 1. The summed E-state index contributed by atoms with van der Waals surface area (Å²) in [7, 11) is 0. The normalized spacial score (nSPS) is 12.8. The number of benzene rings is 2. The summed E-state index contributed by atoms with van der Waals surface area (Å²) in [6.07, 6.45) is 0. The first-order valence-electron chi connectivity index (χ1n) is 8.24. The monoisotopic (exact) mass is 409 g/mol. The van der Waals surface area contributed by atoms with Gasteiger partial charge in [-0.15, -0.1) is 10.2 Å². The van der Waals surface area contributed by atoms with Crippen LogP contribution < -0.4 is 10.2 Å². The van der Waals surface area contributed by atoms with Crippen molar-refractivity contribution in [3.8, 4) is 0 Å². The molecular weight excluding hydrogens is 398 g/mol. The molecule has 0 spiro atoms. The van der Waals surface area contributed by atoms with E-state index < -0.39 is 22.6 Å². The van der Waals surface area contributed by atoms with Crippen LogP contribution in [0.1, 0.15) is 36.1 Å². The van der Waals surface area contributed by atoms with Gasteiger partial charge in [0.2, 0.25) is 5.13 Å². The van der Waals surface area contributed by atoms with E-state index in [4.69, 9.17) is 0 Å². The summed E-state index contributed by atoms with van der Waals surface area (Å²) in [4.78, 5) is 49.1. The van der Waals surface area contributed by atoms with Crippen LogP contribution in [0.3, 0.4) is 0 Å². The number of fused-ring (bicyclic) bond motifs is 1. The lowest BCUT2D eigenvalue weighted by Crippen LogP contribution is -2.29. The van der Waals surface area contributed by atoms with E-state index in [1.807, 2.05) is 0 Å². The van der Waals surface area contributed by atoms with E-state index in [2.05, 4.69) is 15.5 Å². The number of rotatable bonds is 4. The van der Waals surface area contributed by atoms with Gasteiger partial charge in [-0.2, -0.15) is 0 Å². The Labute approximate surface area is 166 Å². The number of anilines is 2. The smallest absolute Gasteiger partial charge is 0.271 e. The van der Waals surface area contributed by atoms with Gasteiger partial charge < -0.3 is 0 Å². The van der Waals surface area contributed by atoms with Gasteiger partial charge in [-0.05, 0) is 31.2 Å². The van der Waals surface area contributed by atoms with Crippen molar-refractivity contribution >= 4 is 45.6 Å². The van der Waals surface area contributed by atoms with Crippen LogP contribution in [0.5, 0.6) is 0 Å². The van der Waals surface area contributed by atoms with E-state index in [1.54, 1.807) is 6.92 Å². The van der Waals surface area contributed by atoms with Crippen LogP contribution in [-0.2, 0) is 0 Å². The largest absolute Gasteiger partial charge is 0.296 e. The number of non-ortho nitro benzene ring substituents is 1. The van der Waals surface area contributed by atoms with Gasteiger partial charge in [-0.3, -0.25) is 29.8 Å². The van der Waals surface area contributed by atoms with Crippen molar-refractivity contribution in [1.29, 1.82) is 0 Å². The van der Waals surface area contributed by atoms with E-state index in [0.717, 1.165) is 11.0 Å². The minimum atomic E-state index is -0.660. The minimum Gasteiger partial charge on any atom is -0.296 e.